The van der Waals surface area contributed by atoms with Crippen LogP contribution >= 0.6 is 0 Å². The van der Waals surface area contributed by atoms with Crippen molar-refractivity contribution in [2.24, 2.45) is 20.0 Å². The summed E-state index contributed by atoms with van der Waals surface area (Å²) in [5, 5.41) is 26.4. The summed E-state index contributed by atoms with van der Waals surface area (Å²) in [5.41, 5.74) is 20.5. The minimum absolute atomic E-state index is 0. The SMILES string of the molecule is CC(=Nc1c(C)cccc1C)c1cccc(C(C)=Nc2c(C)cccc2C)n1.CC(=Nc1c(C)cccc1C)c1cccc(C(C)=Nc2c(C)cccc2C)n1.[Co].[Co].[O-]c1c([O-])c2ccccc2c2ccccc12. The molecule has 10 heteroatoms. The number of pyridine rings is 2. The fourth-order valence-corrected chi connectivity index (χ4v) is 8.58. The van der Waals surface area contributed by atoms with Crippen molar-refractivity contribution in [3.63, 3.8) is 0 Å². The van der Waals surface area contributed by atoms with Crippen molar-refractivity contribution in [3.8, 4) is 11.5 Å². The summed E-state index contributed by atoms with van der Waals surface area (Å²) in [7, 11) is 0. The molecule has 0 bridgehead atoms. The van der Waals surface area contributed by atoms with Gasteiger partial charge in [-0.25, -0.2) is 9.97 Å². The zero-order valence-electron chi connectivity index (χ0n) is 44.2. The zero-order chi connectivity index (χ0) is 51.6. The minimum Gasteiger partial charge on any atom is -0.872 e. The quantitative estimate of drug-likeness (QED) is 0.111. The van der Waals surface area contributed by atoms with Crippen molar-refractivity contribution >= 4 is 67.1 Å². The van der Waals surface area contributed by atoms with E-state index in [2.05, 4.69) is 128 Å². The maximum atomic E-state index is 11.8. The summed E-state index contributed by atoms with van der Waals surface area (Å²) in [4.78, 5) is 29.1. The van der Waals surface area contributed by atoms with Crippen molar-refractivity contribution in [2.75, 3.05) is 0 Å². The van der Waals surface area contributed by atoms with Gasteiger partial charge in [-0.05, 0) is 173 Å². The van der Waals surface area contributed by atoms with E-state index in [-0.39, 0.29) is 33.6 Å². The maximum Gasteiger partial charge on any atom is 0.0849 e. The normalized spacial score (nSPS) is 11.7. The summed E-state index contributed by atoms with van der Waals surface area (Å²) in [6.45, 7) is 24.7. The van der Waals surface area contributed by atoms with Crippen LogP contribution < -0.4 is 10.2 Å². The summed E-state index contributed by atoms with van der Waals surface area (Å²) in [6, 6.07) is 51.4. The predicted octanol–water partition coefficient (Wildman–Crippen LogP) is 15.3. The molecule has 0 aliphatic heterocycles. The van der Waals surface area contributed by atoms with Gasteiger partial charge in [0.05, 0.1) is 68.4 Å². The third-order valence-electron chi connectivity index (χ3n) is 12.7. The van der Waals surface area contributed by atoms with E-state index in [1.54, 1.807) is 24.3 Å². The molecule has 0 aliphatic carbocycles. The zero-order valence-corrected chi connectivity index (χ0v) is 46.3. The van der Waals surface area contributed by atoms with Crippen LogP contribution in [-0.2, 0) is 33.6 Å². The average Bonchev–Trinajstić information content (AvgIpc) is 3.38. The molecule has 2 heterocycles. The van der Waals surface area contributed by atoms with Crippen LogP contribution in [0, 0.1) is 55.4 Å². The molecule has 0 amide bonds. The van der Waals surface area contributed by atoms with E-state index >= 15 is 0 Å². The van der Waals surface area contributed by atoms with Gasteiger partial charge in [-0.3, -0.25) is 20.0 Å². The second-order valence-corrected chi connectivity index (χ2v) is 18.3. The largest absolute Gasteiger partial charge is 0.872 e. The van der Waals surface area contributed by atoms with Crippen LogP contribution in [0.25, 0.3) is 21.5 Å². The Morgan fingerprint density at radius 2 is 0.473 bits per heavy atom. The molecule has 8 nitrogen and oxygen atoms in total. The molecule has 9 rings (SSSR count). The van der Waals surface area contributed by atoms with Crippen molar-refractivity contribution in [3.05, 3.63) is 225 Å². The monoisotopic (exact) mass is 1060 g/mol. The number of aliphatic imine (C=N–C) groups is 4. The number of aromatic nitrogens is 2. The van der Waals surface area contributed by atoms with Crippen LogP contribution in [0.15, 0.2) is 178 Å². The molecule has 380 valence electrons. The smallest absolute Gasteiger partial charge is 0.0849 e. The van der Waals surface area contributed by atoms with Gasteiger partial charge in [-0.1, -0.05) is 133 Å². The summed E-state index contributed by atoms with van der Waals surface area (Å²) in [5.74, 6) is -0.816. The topological polar surface area (TPSA) is 121 Å². The molecule has 7 aromatic carbocycles. The fourth-order valence-electron chi connectivity index (χ4n) is 8.58. The van der Waals surface area contributed by atoms with E-state index in [1.807, 2.05) is 88.4 Å². The van der Waals surface area contributed by atoms with Crippen molar-refractivity contribution in [2.45, 2.75) is 83.1 Å². The second kappa shape index (κ2) is 26.0. The van der Waals surface area contributed by atoms with Crippen molar-refractivity contribution in [1.82, 2.24) is 9.97 Å². The molecule has 0 saturated heterocycles. The Bertz CT molecular complexity index is 3110. The molecule has 0 aliphatic rings. The Morgan fingerprint density at radius 3 is 0.689 bits per heavy atom. The Balaban J connectivity index is 0.000000210. The molecule has 9 aromatic rings. The average molecular weight is 1070 g/mol. The van der Waals surface area contributed by atoms with Gasteiger partial charge in [-0.15, -0.1) is 11.5 Å². The number of hydrogen-bond donors (Lipinski definition) is 0. The van der Waals surface area contributed by atoms with E-state index in [0.717, 1.165) is 79.1 Å². The number of hydrogen-bond acceptors (Lipinski definition) is 8. The van der Waals surface area contributed by atoms with Crippen LogP contribution in [-0.4, -0.2) is 32.8 Å². The van der Waals surface area contributed by atoms with E-state index < -0.39 is 11.5 Å². The Morgan fingerprint density at radius 1 is 0.284 bits per heavy atom. The first-order valence-corrected chi connectivity index (χ1v) is 24.2. The van der Waals surface area contributed by atoms with Gasteiger partial charge in [0, 0.05) is 33.6 Å². The van der Waals surface area contributed by atoms with Gasteiger partial charge in [0.2, 0.25) is 0 Å². The third kappa shape index (κ3) is 13.6. The van der Waals surface area contributed by atoms with Crippen molar-refractivity contribution in [1.29, 1.82) is 0 Å². The summed E-state index contributed by atoms with van der Waals surface area (Å²) in [6.07, 6.45) is 0. The van der Waals surface area contributed by atoms with Gasteiger partial charge < -0.3 is 10.2 Å². The van der Waals surface area contributed by atoms with Crippen molar-refractivity contribution < 1.29 is 43.8 Å². The first-order chi connectivity index (χ1) is 34.5. The second-order valence-electron chi connectivity index (χ2n) is 18.3. The van der Waals surface area contributed by atoms with E-state index in [0.29, 0.717) is 10.8 Å². The molecule has 2 radical (unpaired) electrons. The van der Waals surface area contributed by atoms with Crippen LogP contribution in [0.5, 0.6) is 11.5 Å². The standard InChI is InChI=1S/2C25H27N3.C14H10O2.2Co/c2*1-16-10-7-11-17(2)24(16)26-20(5)22-14-9-15-23(28-22)21(6)27-25-18(3)12-8-13-19(25)4;15-13-11-7-3-1-5-9(11)10-6-2-4-8-12(10)14(13)16;;/h2*7-15H,1-6H3;1-8,15-16H;;/p-2. The molecule has 0 fully saturated rings. The molecule has 0 spiro atoms. The van der Waals surface area contributed by atoms with Crippen LogP contribution in [0.1, 0.15) is 95.0 Å². The number of rotatable bonds is 8. The summed E-state index contributed by atoms with van der Waals surface area (Å²) >= 11 is 0. The maximum absolute atomic E-state index is 11.8. The molecule has 0 N–H and O–H groups in total. The molecule has 0 saturated carbocycles. The number of benzene rings is 7. The van der Waals surface area contributed by atoms with Gasteiger partial charge in [0.15, 0.2) is 0 Å². The Hall–Kier alpha value is -7.35. The molecule has 0 atom stereocenters. The number of aryl methyl sites for hydroxylation is 8. The van der Waals surface area contributed by atoms with E-state index in [9.17, 15) is 10.2 Å². The van der Waals surface area contributed by atoms with Gasteiger partial charge in [0.25, 0.3) is 0 Å². The van der Waals surface area contributed by atoms with Crippen LogP contribution in [0.3, 0.4) is 0 Å². The Labute approximate surface area is 457 Å². The minimum atomic E-state index is -0.408. The Kier molecular flexibility index (Phi) is 20.3. The van der Waals surface area contributed by atoms with E-state index in [4.69, 9.17) is 29.9 Å². The number of fused-ring (bicyclic) bond motifs is 3. The number of nitrogens with zero attached hydrogens (tertiary/aromatic N) is 6. The molecule has 0 unspecified atom stereocenters. The molecule has 2 aromatic heterocycles. The number of para-hydroxylation sites is 4. The first kappa shape index (κ1) is 57.6. The summed E-state index contributed by atoms with van der Waals surface area (Å²) < 4.78 is 0. The third-order valence-corrected chi connectivity index (χ3v) is 12.7. The fraction of sp³-hybridized carbons (Fsp3) is 0.188. The van der Waals surface area contributed by atoms with Crippen LogP contribution in [0.2, 0.25) is 0 Å². The van der Waals surface area contributed by atoms with Gasteiger partial charge in [0.1, 0.15) is 0 Å². The first-order valence-electron chi connectivity index (χ1n) is 24.2. The predicted molar refractivity (Wildman–Crippen MR) is 300 cm³/mol. The van der Waals surface area contributed by atoms with Gasteiger partial charge >= 0.3 is 0 Å². The van der Waals surface area contributed by atoms with E-state index in [1.165, 1.54) is 44.5 Å². The molecule has 74 heavy (non-hydrogen) atoms. The van der Waals surface area contributed by atoms with Crippen LogP contribution in [0.4, 0.5) is 22.7 Å². The van der Waals surface area contributed by atoms with Gasteiger partial charge in [-0.2, -0.15) is 0 Å². The molecular weight excluding hydrogens is 1000 g/mol. The molecular formula is C64H62Co2N6O2-2.